The Hall–Kier alpha value is -1.72. The van der Waals surface area contributed by atoms with Gasteiger partial charge in [-0.1, -0.05) is 6.58 Å². The third-order valence-corrected chi connectivity index (χ3v) is 0.932. The molecule has 0 spiro atoms. The van der Waals surface area contributed by atoms with Crippen LogP contribution in [0.25, 0.3) is 0 Å². The topological polar surface area (TPSA) is 71.1 Å². The second-order valence-electron chi connectivity index (χ2n) is 1.84. The lowest BCUT2D eigenvalue weighted by Gasteiger charge is -2.10. The zero-order valence-corrected chi connectivity index (χ0v) is 6.07. The summed E-state index contributed by atoms with van der Waals surface area (Å²) >= 11 is 0. The van der Waals surface area contributed by atoms with Crippen LogP contribution in [0.3, 0.4) is 0 Å². The maximum atomic E-state index is 9.95. The highest BCUT2D eigenvalue weighted by atomic mass is 16.9. The average Bonchev–Trinajstić information content (AvgIpc) is 2.32. The van der Waals surface area contributed by atoms with Gasteiger partial charge in [-0.2, -0.15) is 0 Å². The Bertz CT molecular complexity index is 200. The van der Waals surface area contributed by atoms with E-state index in [4.69, 9.17) is 0 Å². The summed E-state index contributed by atoms with van der Waals surface area (Å²) in [6.07, 6.45) is -1.21. The second kappa shape index (κ2) is 3.61. The van der Waals surface area contributed by atoms with Crippen LogP contribution in [0.2, 0.25) is 0 Å². The third kappa shape index (κ3) is 2.49. The molecule has 2 rings (SSSR count). The van der Waals surface area contributed by atoms with Crippen LogP contribution in [0.1, 0.15) is 0 Å². The lowest BCUT2D eigenvalue weighted by atomic mass is 10.6. The SMILES string of the molecule is C=C1COC(=O)O1.O=C1OCO1. The fourth-order valence-corrected chi connectivity index (χ4v) is 0.423. The first-order valence-electron chi connectivity index (χ1n) is 3.00. The van der Waals surface area contributed by atoms with Gasteiger partial charge in [0, 0.05) is 0 Å². The maximum absolute atomic E-state index is 9.95. The summed E-state index contributed by atoms with van der Waals surface area (Å²) in [7, 11) is 0. The highest BCUT2D eigenvalue weighted by Gasteiger charge is 2.15. The number of ether oxygens (including phenoxy) is 4. The Morgan fingerprint density at radius 3 is 1.75 bits per heavy atom. The van der Waals surface area contributed by atoms with E-state index in [9.17, 15) is 9.59 Å². The summed E-state index contributed by atoms with van der Waals surface area (Å²) in [6, 6.07) is 0. The first kappa shape index (κ1) is 8.38. The molecule has 2 heterocycles. The number of cyclic esters (lactones) is 4. The Labute approximate surface area is 67.6 Å². The van der Waals surface area contributed by atoms with E-state index < -0.39 is 12.3 Å². The predicted molar refractivity (Wildman–Crippen MR) is 34.0 cm³/mol. The van der Waals surface area contributed by atoms with Gasteiger partial charge in [0.1, 0.15) is 5.76 Å². The molecular formula is C6H6O6. The van der Waals surface area contributed by atoms with Crippen molar-refractivity contribution < 1.29 is 28.5 Å². The van der Waals surface area contributed by atoms with E-state index >= 15 is 0 Å². The van der Waals surface area contributed by atoms with E-state index in [2.05, 4.69) is 25.5 Å². The summed E-state index contributed by atoms with van der Waals surface area (Å²) in [5.74, 6) is 0.380. The summed E-state index contributed by atoms with van der Waals surface area (Å²) in [5, 5.41) is 0. The van der Waals surface area contributed by atoms with E-state index in [1.807, 2.05) is 0 Å². The standard InChI is InChI=1S/C4H4O3.C2H2O3/c1-3-2-6-4(5)7-3;3-2-4-1-5-2/h1-2H2;1H2. The first-order chi connectivity index (χ1) is 5.68. The number of carbonyl (C=O) groups is 2. The molecule has 0 radical (unpaired) electrons. The molecule has 0 amide bonds. The van der Waals surface area contributed by atoms with Crippen LogP contribution in [-0.2, 0) is 18.9 Å². The molecule has 0 aromatic carbocycles. The molecule has 66 valence electrons. The Morgan fingerprint density at radius 1 is 1.08 bits per heavy atom. The zero-order valence-electron chi connectivity index (χ0n) is 6.07. The van der Waals surface area contributed by atoms with E-state index in [1.54, 1.807) is 0 Å². The van der Waals surface area contributed by atoms with Gasteiger partial charge >= 0.3 is 12.3 Å². The van der Waals surface area contributed by atoms with Crippen LogP contribution >= 0.6 is 0 Å². The third-order valence-electron chi connectivity index (χ3n) is 0.932. The van der Waals surface area contributed by atoms with Gasteiger partial charge in [-0.15, -0.1) is 0 Å². The van der Waals surface area contributed by atoms with Crippen molar-refractivity contribution in [1.29, 1.82) is 0 Å². The Kier molecular flexibility index (Phi) is 2.52. The second-order valence-corrected chi connectivity index (χ2v) is 1.84. The van der Waals surface area contributed by atoms with Crippen molar-refractivity contribution in [2.75, 3.05) is 13.4 Å². The quantitative estimate of drug-likeness (QED) is 0.505. The molecule has 2 aliphatic rings. The minimum atomic E-state index is -0.648. The van der Waals surface area contributed by atoms with Crippen molar-refractivity contribution in [2.45, 2.75) is 0 Å². The van der Waals surface area contributed by atoms with Crippen molar-refractivity contribution in [3.05, 3.63) is 12.3 Å². The Balaban J connectivity index is 0.000000127. The van der Waals surface area contributed by atoms with Gasteiger partial charge in [0.25, 0.3) is 0 Å². The largest absolute Gasteiger partial charge is 0.514 e. The molecule has 0 unspecified atom stereocenters. The fraction of sp³-hybridized carbons (Fsp3) is 0.333. The number of rotatable bonds is 0. The van der Waals surface area contributed by atoms with E-state index in [-0.39, 0.29) is 13.4 Å². The highest BCUT2D eigenvalue weighted by Crippen LogP contribution is 2.05. The van der Waals surface area contributed by atoms with Gasteiger partial charge in [-0.25, -0.2) is 9.59 Å². The lowest BCUT2D eigenvalue weighted by Crippen LogP contribution is -2.21. The van der Waals surface area contributed by atoms with Crippen LogP contribution in [-0.4, -0.2) is 25.7 Å². The van der Waals surface area contributed by atoms with Crippen molar-refractivity contribution in [3.63, 3.8) is 0 Å². The van der Waals surface area contributed by atoms with Crippen molar-refractivity contribution in [2.24, 2.45) is 0 Å². The number of hydrogen-bond donors (Lipinski definition) is 0. The molecule has 2 fully saturated rings. The van der Waals surface area contributed by atoms with Crippen LogP contribution in [0.5, 0.6) is 0 Å². The first-order valence-corrected chi connectivity index (χ1v) is 3.00. The summed E-state index contributed by atoms with van der Waals surface area (Å²) in [5.41, 5.74) is 0. The van der Waals surface area contributed by atoms with E-state index in [0.717, 1.165) is 0 Å². The smallest absolute Gasteiger partial charge is 0.426 e. The summed E-state index contributed by atoms with van der Waals surface area (Å²) in [6.45, 7) is 3.68. The van der Waals surface area contributed by atoms with Crippen molar-refractivity contribution in [1.82, 2.24) is 0 Å². The predicted octanol–water partition coefficient (Wildman–Crippen LogP) is 0.778. The number of hydrogen-bond acceptors (Lipinski definition) is 6. The van der Waals surface area contributed by atoms with Crippen LogP contribution in [0.15, 0.2) is 12.3 Å². The molecule has 0 aromatic rings. The van der Waals surface area contributed by atoms with Gasteiger partial charge in [0.2, 0.25) is 6.79 Å². The molecule has 0 saturated carbocycles. The minimum Gasteiger partial charge on any atom is -0.426 e. The highest BCUT2D eigenvalue weighted by molar-refractivity contribution is 5.63. The molecule has 2 aliphatic heterocycles. The molecule has 0 aromatic heterocycles. The van der Waals surface area contributed by atoms with E-state index in [1.165, 1.54) is 0 Å². The van der Waals surface area contributed by atoms with Crippen LogP contribution < -0.4 is 0 Å². The van der Waals surface area contributed by atoms with Gasteiger partial charge in [0.05, 0.1) is 0 Å². The molecule has 0 bridgehead atoms. The molecule has 0 N–H and O–H groups in total. The van der Waals surface area contributed by atoms with Gasteiger partial charge in [-0.05, 0) is 0 Å². The van der Waals surface area contributed by atoms with E-state index in [0.29, 0.717) is 5.76 Å². The Morgan fingerprint density at radius 2 is 1.67 bits per heavy atom. The average molecular weight is 174 g/mol. The molecule has 6 heteroatoms. The molecule has 12 heavy (non-hydrogen) atoms. The van der Waals surface area contributed by atoms with Crippen molar-refractivity contribution in [3.8, 4) is 0 Å². The van der Waals surface area contributed by atoms with Crippen LogP contribution in [0.4, 0.5) is 9.59 Å². The summed E-state index contributed by atoms with van der Waals surface area (Å²) in [4.78, 5) is 19.4. The molecule has 0 atom stereocenters. The minimum absolute atomic E-state index is 0.138. The molecule has 6 nitrogen and oxygen atoms in total. The van der Waals surface area contributed by atoms with Crippen molar-refractivity contribution >= 4 is 12.3 Å². The monoisotopic (exact) mass is 174 g/mol. The van der Waals surface area contributed by atoms with Gasteiger partial charge in [0.15, 0.2) is 6.61 Å². The molecular weight excluding hydrogens is 168 g/mol. The van der Waals surface area contributed by atoms with Gasteiger partial charge < -0.3 is 18.9 Å². The van der Waals surface area contributed by atoms with Gasteiger partial charge in [-0.3, -0.25) is 0 Å². The van der Waals surface area contributed by atoms with Crippen LogP contribution in [0, 0.1) is 0 Å². The molecule has 0 aliphatic carbocycles. The maximum Gasteiger partial charge on any atom is 0.514 e. The lowest BCUT2D eigenvalue weighted by molar-refractivity contribution is -0.102. The molecule has 2 saturated heterocycles. The zero-order chi connectivity index (χ0) is 8.97. The normalized spacial score (nSPS) is 18.8. The summed E-state index contributed by atoms with van der Waals surface area (Å²) < 4.78 is 16.7. The number of carbonyl (C=O) groups excluding carboxylic acids is 2. The fourth-order valence-electron chi connectivity index (χ4n) is 0.423.